The van der Waals surface area contributed by atoms with Gasteiger partial charge in [-0.05, 0) is 61.7 Å². The van der Waals surface area contributed by atoms with Crippen molar-refractivity contribution in [2.45, 2.75) is 38.6 Å². The van der Waals surface area contributed by atoms with Crippen molar-refractivity contribution in [1.82, 2.24) is 9.55 Å². The maximum atomic E-state index is 12.9. The van der Waals surface area contributed by atoms with Crippen LogP contribution in [0.3, 0.4) is 0 Å². The van der Waals surface area contributed by atoms with Crippen molar-refractivity contribution in [3.8, 4) is 5.75 Å². The van der Waals surface area contributed by atoms with Gasteiger partial charge < -0.3 is 14.2 Å². The third-order valence-corrected chi connectivity index (χ3v) is 6.91. The zero-order chi connectivity index (χ0) is 23.5. The van der Waals surface area contributed by atoms with E-state index in [9.17, 15) is 4.79 Å². The molecule has 4 aromatic rings. The van der Waals surface area contributed by atoms with Gasteiger partial charge >= 0.3 is 0 Å². The Balaban J connectivity index is 1.30. The first-order valence-electron chi connectivity index (χ1n) is 11.8. The molecule has 34 heavy (non-hydrogen) atoms. The molecule has 5 nitrogen and oxygen atoms in total. The van der Waals surface area contributed by atoms with Gasteiger partial charge in [0, 0.05) is 35.6 Å². The highest BCUT2D eigenvalue weighted by Gasteiger charge is 2.34. The van der Waals surface area contributed by atoms with Crippen LogP contribution < -0.4 is 9.64 Å². The first-order valence-corrected chi connectivity index (χ1v) is 12.6. The minimum absolute atomic E-state index is 0.0714. The fourth-order valence-electron chi connectivity index (χ4n) is 4.69. The molecule has 1 unspecified atom stereocenters. The molecular formula is C28H28BrN3O2. The molecule has 0 saturated carbocycles. The number of nitrogens with zero attached hydrogens (tertiary/aromatic N) is 3. The van der Waals surface area contributed by atoms with E-state index in [1.807, 2.05) is 53.4 Å². The Kier molecular flexibility index (Phi) is 6.68. The Labute approximate surface area is 208 Å². The van der Waals surface area contributed by atoms with Gasteiger partial charge in [-0.25, -0.2) is 4.98 Å². The number of anilines is 1. The van der Waals surface area contributed by atoms with Crippen LogP contribution in [0.25, 0.3) is 11.0 Å². The van der Waals surface area contributed by atoms with Gasteiger partial charge in [0.25, 0.3) is 0 Å². The van der Waals surface area contributed by atoms with Crippen LogP contribution in [0.4, 0.5) is 5.69 Å². The lowest BCUT2D eigenvalue weighted by Gasteiger charge is -2.18. The third-order valence-electron chi connectivity index (χ3n) is 6.42. The van der Waals surface area contributed by atoms with E-state index in [1.54, 1.807) is 0 Å². The number of ether oxygens (including phenoxy) is 1. The summed E-state index contributed by atoms with van der Waals surface area (Å²) < 4.78 is 9.26. The van der Waals surface area contributed by atoms with E-state index in [-0.39, 0.29) is 11.8 Å². The Morgan fingerprint density at radius 2 is 1.85 bits per heavy atom. The van der Waals surface area contributed by atoms with Crippen LogP contribution in [0.5, 0.6) is 5.75 Å². The number of hydrogen-bond acceptors (Lipinski definition) is 3. The topological polar surface area (TPSA) is 47.4 Å². The molecule has 5 rings (SSSR count). The predicted molar refractivity (Wildman–Crippen MR) is 139 cm³/mol. The standard InChI is InChI=1S/C28H28BrN3O2/c1-20-9-2-5-14-26(20)34-16-7-6-15-31-25-13-4-3-12-24(25)30-28(31)21-17-27(33)32(19-21)23-11-8-10-22(29)18-23/h2-5,8-14,18,21H,6-7,15-17,19H2,1H3. The molecule has 1 aliphatic heterocycles. The highest BCUT2D eigenvalue weighted by atomic mass is 79.9. The summed E-state index contributed by atoms with van der Waals surface area (Å²) in [6.07, 6.45) is 2.41. The first kappa shape index (κ1) is 22.7. The van der Waals surface area contributed by atoms with Crippen molar-refractivity contribution in [2.24, 2.45) is 0 Å². The highest BCUT2D eigenvalue weighted by Crippen LogP contribution is 2.34. The van der Waals surface area contributed by atoms with Crippen LogP contribution in [0.15, 0.2) is 77.3 Å². The fraction of sp³-hybridized carbons (Fsp3) is 0.286. The van der Waals surface area contributed by atoms with Crippen LogP contribution in [0, 0.1) is 6.92 Å². The second-order valence-electron chi connectivity index (χ2n) is 8.82. The SMILES string of the molecule is Cc1ccccc1OCCCCn1c(C2CC(=O)N(c3cccc(Br)c3)C2)nc2ccccc21. The number of hydrogen-bond donors (Lipinski definition) is 0. The van der Waals surface area contributed by atoms with Crippen molar-refractivity contribution in [2.75, 3.05) is 18.1 Å². The van der Waals surface area contributed by atoms with Gasteiger partial charge in [0.15, 0.2) is 0 Å². The Bertz CT molecular complexity index is 1320. The number of fused-ring (bicyclic) bond motifs is 1. The monoisotopic (exact) mass is 517 g/mol. The van der Waals surface area contributed by atoms with Gasteiger partial charge in [-0.1, -0.05) is 52.3 Å². The minimum Gasteiger partial charge on any atom is -0.493 e. The average molecular weight is 518 g/mol. The summed E-state index contributed by atoms with van der Waals surface area (Å²) in [4.78, 5) is 19.8. The molecular weight excluding hydrogens is 490 g/mol. The van der Waals surface area contributed by atoms with Crippen molar-refractivity contribution in [1.29, 1.82) is 0 Å². The minimum atomic E-state index is 0.0714. The van der Waals surface area contributed by atoms with E-state index in [1.165, 1.54) is 0 Å². The average Bonchev–Trinajstić information content (AvgIpc) is 3.40. The number of aromatic nitrogens is 2. The van der Waals surface area contributed by atoms with Gasteiger partial charge in [-0.2, -0.15) is 0 Å². The maximum Gasteiger partial charge on any atom is 0.227 e. The summed E-state index contributed by atoms with van der Waals surface area (Å²) in [5.41, 5.74) is 4.21. The van der Waals surface area contributed by atoms with Crippen LogP contribution in [-0.4, -0.2) is 28.6 Å². The molecule has 0 radical (unpaired) electrons. The number of amides is 1. The van der Waals surface area contributed by atoms with Crippen molar-refractivity contribution < 1.29 is 9.53 Å². The molecule has 1 fully saturated rings. The van der Waals surface area contributed by atoms with E-state index in [2.05, 4.69) is 51.7 Å². The van der Waals surface area contributed by atoms with Crippen molar-refractivity contribution in [3.05, 3.63) is 88.7 Å². The Morgan fingerprint density at radius 3 is 2.71 bits per heavy atom. The molecule has 0 N–H and O–H groups in total. The zero-order valence-electron chi connectivity index (χ0n) is 19.3. The summed E-state index contributed by atoms with van der Waals surface area (Å²) in [5, 5.41) is 0. The molecule has 174 valence electrons. The number of carbonyl (C=O) groups is 1. The quantitative estimate of drug-likeness (QED) is 0.251. The molecule has 0 spiro atoms. The third kappa shape index (κ3) is 4.73. The normalized spacial score (nSPS) is 15.9. The molecule has 1 aliphatic rings. The number of para-hydroxylation sites is 3. The molecule has 1 atom stereocenters. The number of imidazole rings is 1. The lowest BCUT2D eigenvalue weighted by molar-refractivity contribution is -0.117. The van der Waals surface area contributed by atoms with Crippen LogP contribution in [0.2, 0.25) is 0 Å². The summed E-state index contributed by atoms with van der Waals surface area (Å²) in [5.74, 6) is 2.18. The van der Waals surface area contributed by atoms with Gasteiger partial charge in [0.1, 0.15) is 11.6 Å². The number of carbonyl (C=O) groups excluding carboxylic acids is 1. The van der Waals surface area contributed by atoms with Crippen LogP contribution in [0.1, 0.15) is 36.6 Å². The highest BCUT2D eigenvalue weighted by molar-refractivity contribution is 9.10. The molecule has 3 aromatic carbocycles. The number of benzene rings is 3. The summed E-state index contributed by atoms with van der Waals surface area (Å²) in [6.45, 7) is 4.26. The lowest BCUT2D eigenvalue weighted by atomic mass is 10.1. The van der Waals surface area contributed by atoms with E-state index in [0.29, 0.717) is 19.6 Å². The second-order valence-corrected chi connectivity index (χ2v) is 9.73. The van der Waals surface area contributed by atoms with Crippen molar-refractivity contribution >= 4 is 38.6 Å². The molecule has 1 amide bonds. The zero-order valence-corrected chi connectivity index (χ0v) is 20.9. The smallest absolute Gasteiger partial charge is 0.227 e. The Morgan fingerprint density at radius 1 is 1.03 bits per heavy atom. The largest absolute Gasteiger partial charge is 0.493 e. The van der Waals surface area contributed by atoms with Crippen LogP contribution in [-0.2, 0) is 11.3 Å². The first-order chi connectivity index (χ1) is 16.6. The second kappa shape index (κ2) is 10.0. The predicted octanol–water partition coefficient (Wildman–Crippen LogP) is 6.49. The van der Waals surface area contributed by atoms with E-state index in [0.717, 1.165) is 57.7 Å². The Hall–Kier alpha value is -3.12. The molecule has 1 saturated heterocycles. The summed E-state index contributed by atoms with van der Waals surface area (Å²) >= 11 is 3.52. The van der Waals surface area contributed by atoms with Gasteiger partial charge in [0.05, 0.1) is 17.6 Å². The lowest BCUT2D eigenvalue weighted by Crippen LogP contribution is -2.24. The van der Waals surface area contributed by atoms with Gasteiger partial charge in [-0.3, -0.25) is 4.79 Å². The molecule has 6 heteroatoms. The molecule has 1 aromatic heterocycles. The summed E-state index contributed by atoms with van der Waals surface area (Å²) in [6, 6.07) is 24.3. The number of halogens is 1. The summed E-state index contributed by atoms with van der Waals surface area (Å²) in [7, 11) is 0. The molecule has 2 heterocycles. The maximum absolute atomic E-state index is 12.9. The van der Waals surface area contributed by atoms with Gasteiger partial charge in [-0.15, -0.1) is 0 Å². The van der Waals surface area contributed by atoms with Crippen LogP contribution >= 0.6 is 15.9 Å². The number of unbranched alkanes of at least 4 members (excludes halogenated alkanes) is 1. The van der Waals surface area contributed by atoms with Gasteiger partial charge in [0.2, 0.25) is 5.91 Å². The van der Waals surface area contributed by atoms with E-state index < -0.39 is 0 Å². The van der Waals surface area contributed by atoms with Crippen molar-refractivity contribution in [3.63, 3.8) is 0 Å². The molecule has 0 bridgehead atoms. The number of aryl methyl sites for hydroxylation is 2. The number of rotatable bonds is 8. The fourth-order valence-corrected chi connectivity index (χ4v) is 5.07. The molecule has 0 aliphatic carbocycles. The van der Waals surface area contributed by atoms with E-state index >= 15 is 0 Å². The van der Waals surface area contributed by atoms with E-state index in [4.69, 9.17) is 9.72 Å².